The normalized spacial score (nSPS) is 13.8. The second kappa shape index (κ2) is 5.40. The summed E-state index contributed by atoms with van der Waals surface area (Å²) in [6, 6.07) is 2.05. The average molecular weight is 283 g/mol. The Balaban J connectivity index is 1.79. The number of anilines is 3. The predicted molar refractivity (Wildman–Crippen MR) is 79.3 cm³/mol. The molecular weight excluding hydrogens is 266 g/mol. The molecule has 2 heterocycles. The van der Waals surface area contributed by atoms with E-state index >= 15 is 0 Å². The van der Waals surface area contributed by atoms with Crippen molar-refractivity contribution in [2.24, 2.45) is 5.92 Å². The van der Waals surface area contributed by atoms with Crippen molar-refractivity contribution in [3.63, 3.8) is 0 Å². The number of hydrogen-bond acceptors (Lipinski definition) is 6. The van der Waals surface area contributed by atoms with E-state index in [0.717, 1.165) is 23.8 Å². The zero-order chi connectivity index (χ0) is 14.8. The van der Waals surface area contributed by atoms with Gasteiger partial charge in [0.15, 0.2) is 0 Å². The van der Waals surface area contributed by atoms with Crippen LogP contribution in [0, 0.1) is 24.2 Å². The fraction of sp³-hybridized carbons (Fsp3) is 0.429. The molecule has 2 aromatic heterocycles. The fourth-order valence-corrected chi connectivity index (χ4v) is 2.13. The Morgan fingerprint density at radius 1 is 1.48 bits per heavy atom. The van der Waals surface area contributed by atoms with Crippen molar-refractivity contribution < 1.29 is 0 Å². The summed E-state index contributed by atoms with van der Waals surface area (Å²) < 4.78 is 1.97. The number of hydrogen-bond donors (Lipinski definition) is 2. The van der Waals surface area contributed by atoms with Crippen molar-refractivity contribution in [2.75, 3.05) is 17.7 Å². The van der Waals surface area contributed by atoms with E-state index in [2.05, 4.69) is 25.7 Å². The number of rotatable bonds is 5. The van der Waals surface area contributed by atoms with Gasteiger partial charge < -0.3 is 10.6 Å². The topological polar surface area (TPSA) is 91.4 Å². The van der Waals surface area contributed by atoms with Crippen molar-refractivity contribution in [2.45, 2.75) is 26.3 Å². The molecule has 0 bridgehead atoms. The highest BCUT2D eigenvalue weighted by molar-refractivity contribution is 5.59. The van der Waals surface area contributed by atoms with Crippen LogP contribution in [0.1, 0.15) is 24.1 Å². The van der Waals surface area contributed by atoms with E-state index in [0.29, 0.717) is 17.3 Å². The Hall–Kier alpha value is -2.62. The summed E-state index contributed by atoms with van der Waals surface area (Å²) in [6.45, 7) is 2.92. The second-order valence-corrected chi connectivity index (χ2v) is 5.24. The van der Waals surface area contributed by atoms with Gasteiger partial charge >= 0.3 is 0 Å². The van der Waals surface area contributed by atoms with Crippen LogP contribution in [0.3, 0.4) is 0 Å². The molecule has 1 fully saturated rings. The number of nitriles is 1. The van der Waals surface area contributed by atoms with E-state index in [4.69, 9.17) is 5.26 Å². The Labute approximate surface area is 123 Å². The van der Waals surface area contributed by atoms with Gasteiger partial charge in [-0.1, -0.05) is 0 Å². The van der Waals surface area contributed by atoms with Crippen molar-refractivity contribution in [1.29, 1.82) is 5.26 Å². The zero-order valence-corrected chi connectivity index (χ0v) is 12.1. The smallest absolute Gasteiger partial charge is 0.229 e. The molecule has 108 valence electrons. The van der Waals surface area contributed by atoms with Gasteiger partial charge in [-0.3, -0.25) is 4.68 Å². The summed E-state index contributed by atoms with van der Waals surface area (Å²) in [5.41, 5.74) is 2.22. The average Bonchev–Trinajstić information content (AvgIpc) is 3.23. The zero-order valence-electron chi connectivity index (χ0n) is 12.1. The molecular formula is C14H17N7. The van der Waals surface area contributed by atoms with Gasteiger partial charge in [-0.2, -0.15) is 15.3 Å². The fourth-order valence-electron chi connectivity index (χ4n) is 2.13. The molecule has 7 heteroatoms. The summed E-state index contributed by atoms with van der Waals surface area (Å²) in [7, 11) is 1.73. The first kappa shape index (κ1) is 13.4. The van der Waals surface area contributed by atoms with Crippen molar-refractivity contribution in [3.05, 3.63) is 23.7 Å². The largest absolute Gasteiger partial charge is 0.372 e. The Kier molecular flexibility index (Phi) is 3.44. The molecule has 7 nitrogen and oxygen atoms in total. The van der Waals surface area contributed by atoms with E-state index in [1.165, 1.54) is 19.0 Å². The molecule has 1 aliphatic rings. The number of aromatic nitrogens is 4. The van der Waals surface area contributed by atoms with Gasteiger partial charge in [-0.05, 0) is 25.7 Å². The molecule has 0 unspecified atom stereocenters. The summed E-state index contributed by atoms with van der Waals surface area (Å²) in [6.07, 6.45) is 6.08. The molecule has 21 heavy (non-hydrogen) atoms. The summed E-state index contributed by atoms with van der Waals surface area (Å²) in [5.74, 6) is 1.74. The highest BCUT2D eigenvalue weighted by atomic mass is 15.3. The first-order valence-corrected chi connectivity index (χ1v) is 6.95. The van der Waals surface area contributed by atoms with E-state index in [-0.39, 0.29) is 0 Å². The Morgan fingerprint density at radius 2 is 2.29 bits per heavy atom. The van der Waals surface area contributed by atoms with Gasteiger partial charge in [-0.15, -0.1) is 0 Å². The van der Waals surface area contributed by atoms with Gasteiger partial charge in [0.25, 0.3) is 0 Å². The minimum Gasteiger partial charge on any atom is -0.372 e. The molecule has 1 saturated carbocycles. The van der Waals surface area contributed by atoms with Crippen LogP contribution in [-0.2, 0) is 6.54 Å². The molecule has 3 rings (SSSR count). The van der Waals surface area contributed by atoms with Crippen LogP contribution >= 0.6 is 0 Å². The molecule has 0 amide bonds. The van der Waals surface area contributed by atoms with Gasteiger partial charge in [-0.25, -0.2) is 4.98 Å². The van der Waals surface area contributed by atoms with E-state index in [1.807, 2.05) is 23.9 Å². The quantitative estimate of drug-likeness (QED) is 0.872. The molecule has 0 aliphatic heterocycles. The summed E-state index contributed by atoms with van der Waals surface area (Å²) in [5, 5.41) is 19.5. The minimum absolute atomic E-state index is 0.421. The van der Waals surface area contributed by atoms with E-state index in [9.17, 15) is 0 Å². The third-order valence-electron chi connectivity index (χ3n) is 3.48. The van der Waals surface area contributed by atoms with E-state index < -0.39 is 0 Å². The minimum atomic E-state index is 0.421. The number of nitrogens with zero attached hydrogens (tertiary/aromatic N) is 5. The van der Waals surface area contributed by atoms with Crippen LogP contribution < -0.4 is 10.6 Å². The van der Waals surface area contributed by atoms with Crippen LogP contribution in [-0.4, -0.2) is 26.8 Å². The lowest BCUT2D eigenvalue weighted by Crippen LogP contribution is -2.03. The lowest BCUT2D eigenvalue weighted by atomic mass is 10.3. The standard InChI is InChI=1S/C14H17N7/c1-9-12(8-21(20-9)7-10-3-4-10)18-14-17-6-11(5-15)13(16-2)19-14/h6,8,10H,3-4,7H2,1-2H3,(H2,16,17,18,19). The monoisotopic (exact) mass is 283 g/mol. The molecule has 2 N–H and O–H groups in total. The lowest BCUT2D eigenvalue weighted by molar-refractivity contribution is 0.560. The van der Waals surface area contributed by atoms with Crippen LogP contribution in [0.2, 0.25) is 0 Å². The molecule has 0 atom stereocenters. The molecule has 2 aromatic rings. The highest BCUT2D eigenvalue weighted by Crippen LogP contribution is 2.31. The Bertz CT molecular complexity index is 694. The lowest BCUT2D eigenvalue weighted by Gasteiger charge is -2.06. The summed E-state index contributed by atoms with van der Waals surface area (Å²) in [4.78, 5) is 8.44. The maximum atomic E-state index is 8.96. The SMILES string of the molecule is CNc1nc(Nc2cn(CC3CC3)nc2C)ncc1C#N. The maximum Gasteiger partial charge on any atom is 0.229 e. The summed E-state index contributed by atoms with van der Waals surface area (Å²) >= 11 is 0. The van der Waals surface area contributed by atoms with Gasteiger partial charge in [0, 0.05) is 19.8 Å². The third-order valence-corrected chi connectivity index (χ3v) is 3.48. The van der Waals surface area contributed by atoms with Crippen LogP contribution in [0.4, 0.5) is 17.5 Å². The number of nitrogens with one attached hydrogen (secondary N) is 2. The van der Waals surface area contributed by atoms with E-state index in [1.54, 1.807) is 7.05 Å². The maximum absolute atomic E-state index is 8.96. The van der Waals surface area contributed by atoms with Gasteiger partial charge in [0.2, 0.25) is 5.95 Å². The van der Waals surface area contributed by atoms with Crippen LogP contribution in [0.25, 0.3) is 0 Å². The molecule has 0 aromatic carbocycles. The van der Waals surface area contributed by atoms with Gasteiger partial charge in [0.1, 0.15) is 17.5 Å². The Morgan fingerprint density at radius 3 is 2.95 bits per heavy atom. The van der Waals surface area contributed by atoms with Crippen LogP contribution in [0.5, 0.6) is 0 Å². The predicted octanol–water partition coefficient (Wildman–Crippen LogP) is 2.05. The number of aryl methyl sites for hydroxylation is 1. The molecule has 0 saturated heterocycles. The van der Waals surface area contributed by atoms with Crippen molar-refractivity contribution >= 4 is 17.5 Å². The van der Waals surface area contributed by atoms with Crippen molar-refractivity contribution in [3.8, 4) is 6.07 Å². The molecule has 0 spiro atoms. The molecule has 1 aliphatic carbocycles. The third kappa shape index (κ3) is 2.94. The molecule has 0 radical (unpaired) electrons. The first-order chi connectivity index (χ1) is 10.2. The van der Waals surface area contributed by atoms with Crippen molar-refractivity contribution in [1.82, 2.24) is 19.7 Å². The van der Waals surface area contributed by atoms with Gasteiger partial charge in [0.05, 0.1) is 17.6 Å². The highest BCUT2D eigenvalue weighted by Gasteiger charge is 2.22. The van der Waals surface area contributed by atoms with Crippen LogP contribution in [0.15, 0.2) is 12.4 Å². The first-order valence-electron chi connectivity index (χ1n) is 6.95. The second-order valence-electron chi connectivity index (χ2n) is 5.24.